The SMILES string of the molecule is CC(C)CNCc1cc(N2CC=CCC2)ccn1. The third-order valence-electron chi connectivity index (χ3n) is 3.08. The van der Waals surface area contributed by atoms with E-state index < -0.39 is 0 Å². The lowest BCUT2D eigenvalue weighted by molar-refractivity contribution is 0.548. The molecule has 2 heterocycles. The van der Waals surface area contributed by atoms with Crippen molar-refractivity contribution in [3.63, 3.8) is 0 Å². The van der Waals surface area contributed by atoms with E-state index in [1.165, 1.54) is 5.69 Å². The number of anilines is 1. The lowest BCUT2D eigenvalue weighted by Gasteiger charge is -2.25. The lowest BCUT2D eigenvalue weighted by Crippen LogP contribution is -2.27. The van der Waals surface area contributed by atoms with Gasteiger partial charge in [0.1, 0.15) is 0 Å². The molecule has 2 rings (SSSR count). The molecule has 0 saturated heterocycles. The van der Waals surface area contributed by atoms with Gasteiger partial charge in [0, 0.05) is 31.5 Å². The Morgan fingerprint density at radius 1 is 1.39 bits per heavy atom. The van der Waals surface area contributed by atoms with E-state index in [-0.39, 0.29) is 0 Å². The highest BCUT2D eigenvalue weighted by molar-refractivity contribution is 5.47. The second kappa shape index (κ2) is 6.55. The van der Waals surface area contributed by atoms with Crippen LogP contribution in [0.3, 0.4) is 0 Å². The summed E-state index contributed by atoms with van der Waals surface area (Å²) in [6, 6.07) is 4.30. The number of nitrogens with zero attached hydrogens (tertiary/aromatic N) is 2. The summed E-state index contributed by atoms with van der Waals surface area (Å²) in [6.45, 7) is 8.46. The molecule has 0 atom stereocenters. The summed E-state index contributed by atoms with van der Waals surface area (Å²) in [5.41, 5.74) is 2.42. The summed E-state index contributed by atoms with van der Waals surface area (Å²) >= 11 is 0. The topological polar surface area (TPSA) is 28.2 Å². The van der Waals surface area contributed by atoms with E-state index >= 15 is 0 Å². The standard InChI is InChI=1S/C15H23N3/c1-13(2)11-16-12-14-10-15(6-7-17-14)18-8-4-3-5-9-18/h3-4,6-7,10,13,16H,5,8-9,11-12H2,1-2H3. The number of hydrogen-bond acceptors (Lipinski definition) is 3. The van der Waals surface area contributed by atoms with E-state index in [1.807, 2.05) is 6.20 Å². The summed E-state index contributed by atoms with van der Waals surface area (Å²) in [5, 5.41) is 3.44. The van der Waals surface area contributed by atoms with E-state index in [0.717, 1.165) is 38.3 Å². The van der Waals surface area contributed by atoms with Crippen molar-refractivity contribution in [2.75, 3.05) is 24.5 Å². The second-order valence-electron chi connectivity index (χ2n) is 5.24. The van der Waals surface area contributed by atoms with Crippen molar-refractivity contribution >= 4 is 5.69 Å². The van der Waals surface area contributed by atoms with Crippen LogP contribution in [0.4, 0.5) is 5.69 Å². The number of aromatic nitrogens is 1. The predicted molar refractivity (Wildman–Crippen MR) is 76.8 cm³/mol. The average Bonchev–Trinajstić information content (AvgIpc) is 2.40. The lowest BCUT2D eigenvalue weighted by atomic mass is 10.2. The van der Waals surface area contributed by atoms with Gasteiger partial charge in [0.25, 0.3) is 0 Å². The molecule has 0 aliphatic carbocycles. The van der Waals surface area contributed by atoms with Gasteiger partial charge in [-0.25, -0.2) is 0 Å². The minimum atomic E-state index is 0.681. The van der Waals surface area contributed by atoms with Crippen LogP contribution in [0.1, 0.15) is 26.0 Å². The van der Waals surface area contributed by atoms with Crippen molar-refractivity contribution < 1.29 is 0 Å². The normalized spacial score (nSPS) is 15.4. The van der Waals surface area contributed by atoms with Crippen LogP contribution in [-0.4, -0.2) is 24.6 Å². The van der Waals surface area contributed by atoms with Crippen LogP contribution in [0.2, 0.25) is 0 Å². The Labute approximate surface area is 110 Å². The van der Waals surface area contributed by atoms with E-state index in [1.54, 1.807) is 0 Å². The highest BCUT2D eigenvalue weighted by atomic mass is 15.1. The Morgan fingerprint density at radius 3 is 3.00 bits per heavy atom. The molecule has 0 aromatic carbocycles. The Bertz CT molecular complexity index is 398. The van der Waals surface area contributed by atoms with Crippen molar-refractivity contribution in [2.45, 2.75) is 26.8 Å². The van der Waals surface area contributed by atoms with E-state index in [9.17, 15) is 0 Å². The first-order valence-corrected chi connectivity index (χ1v) is 6.81. The van der Waals surface area contributed by atoms with E-state index in [2.05, 4.69) is 53.3 Å². The molecule has 0 fully saturated rings. The molecule has 3 heteroatoms. The van der Waals surface area contributed by atoms with Crippen molar-refractivity contribution in [2.24, 2.45) is 5.92 Å². The largest absolute Gasteiger partial charge is 0.367 e. The van der Waals surface area contributed by atoms with Crippen molar-refractivity contribution in [1.82, 2.24) is 10.3 Å². The van der Waals surface area contributed by atoms with Gasteiger partial charge in [-0.05, 0) is 31.0 Å². The minimum absolute atomic E-state index is 0.681. The van der Waals surface area contributed by atoms with Crippen LogP contribution < -0.4 is 10.2 Å². The molecule has 1 aliphatic heterocycles. The molecule has 0 amide bonds. The number of pyridine rings is 1. The van der Waals surface area contributed by atoms with Gasteiger partial charge in [-0.3, -0.25) is 4.98 Å². The zero-order chi connectivity index (χ0) is 12.8. The maximum Gasteiger partial charge on any atom is 0.0562 e. The van der Waals surface area contributed by atoms with Crippen LogP contribution in [0.5, 0.6) is 0 Å². The Morgan fingerprint density at radius 2 is 2.28 bits per heavy atom. The van der Waals surface area contributed by atoms with Gasteiger partial charge in [-0.1, -0.05) is 26.0 Å². The van der Waals surface area contributed by atoms with E-state index in [4.69, 9.17) is 0 Å². The molecule has 0 saturated carbocycles. The van der Waals surface area contributed by atoms with Crippen LogP contribution in [0, 0.1) is 5.92 Å². The quantitative estimate of drug-likeness (QED) is 0.808. The molecule has 18 heavy (non-hydrogen) atoms. The molecule has 1 N–H and O–H groups in total. The van der Waals surface area contributed by atoms with Crippen LogP contribution in [0.25, 0.3) is 0 Å². The minimum Gasteiger partial charge on any atom is -0.367 e. The summed E-state index contributed by atoms with van der Waals surface area (Å²) in [5.74, 6) is 0.681. The summed E-state index contributed by atoms with van der Waals surface area (Å²) in [7, 11) is 0. The zero-order valence-electron chi connectivity index (χ0n) is 11.4. The second-order valence-corrected chi connectivity index (χ2v) is 5.24. The fourth-order valence-corrected chi connectivity index (χ4v) is 2.12. The smallest absolute Gasteiger partial charge is 0.0562 e. The third kappa shape index (κ3) is 3.84. The zero-order valence-corrected chi connectivity index (χ0v) is 11.4. The van der Waals surface area contributed by atoms with Crippen molar-refractivity contribution in [3.8, 4) is 0 Å². The molecule has 98 valence electrons. The van der Waals surface area contributed by atoms with Gasteiger partial charge < -0.3 is 10.2 Å². The molecule has 0 radical (unpaired) electrons. The van der Waals surface area contributed by atoms with E-state index in [0.29, 0.717) is 5.92 Å². The average molecular weight is 245 g/mol. The molecule has 0 bridgehead atoms. The van der Waals surface area contributed by atoms with Gasteiger partial charge in [-0.15, -0.1) is 0 Å². The summed E-state index contributed by atoms with van der Waals surface area (Å²) in [4.78, 5) is 6.82. The molecule has 1 aromatic heterocycles. The number of rotatable bonds is 5. The fraction of sp³-hybridized carbons (Fsp3) is 0.533. The Balaban J connectivity index is 1.94. The monoisotopic (exact) mass is 245 g/mol. The van der Waals surface area contributed by atoms with Crippen LogP contribution in [-0.2, 0) is 6.54 Å². The predicted octanol–water partition coefficient (Wildman–Crippen LogP) is 2.59. The maximum absolute atomic E-state index is 4.42. The highest BCUT2D eigenvalue weighted by Gasteiger charge is 2.08. The molecule has 0 spiro atoms. The molecular formula is C15H23N3. The fourth-order valence-electron chi connectivity index (χ4n) is 2.12. The van der Waals surface area contributed by atoms with Crippen LogP contribution in [0.15, 0.2) is 30.5 Å². The highest BCUT2D eigenvalue weighted by Crippen LogP contribution is 2.17. The third-order valence-corrected chi connectivity index (χ3v) is 3.08. The van der Waals surface area contributed by atoms with Gasteiger partial charge in [0.15, 0.2) is 0 Å². The summed E-state index contributed by atoms with van der Waals surface area (Å²) < 4.78 is 0. The number of hydrogen-bond donors (Lipinski definition) is 1. The molecule has 1 aliphatic rings. The van der Waals surface area contributed by atoms with Crippen molar-refractivity contribution in [3.05, 3.63) is 36.2 Å². The molecular weight excluding hydrogens is 222 g/mol. The molecule has 1 aromatic rings. The first kappa shape index (κ1) is 13.1. The molecule has 0 unspecified atom stereocenters. The van der Waals surface area contributed by atoms with Crippen LogP contribution >= 0.6 is 0 Å². The Hall–Kier alpha value is -1.35. The number of nitrogens with one attached hydrogen (secondary N) is 1. The first-order valence-electron chi connectivity index (χ1n) is 6.81. The maximum atomic E-state index is 4.42. The van der Waals surface area contributed by atoms with Gasteiger partial charge in [-0.2, -0.15) is 0 Å². The van der Waals surface area contributed by atoms with Crippen molar-refractivity contribution in [1.29, 1.82) is 0 Å². The first-order chi connectivity index (χ1) is 8.75. The van der Waals surface area contributed by atoms with Gasteiger partial charge >= 0.3 is 0 Å². The van der Waals surface area contributed by atoms with Gasteiger partial charge in [0.2, 0.25) is 0 Å². The molecule has 3 nitrogen and oxygen atoms in total. The Kier molecular flexibility index (Phi) is 4.76. The van der Waals surface area contributed by atoms with Gasteiger partial charge in [0.05, 0.1) is 5.69 Å². The summed E-state index contributed by atoms with van der Waals surface area (Å²) in [6.07, 6.45) is 7.55.